The van der Waals surface area contributed by atoms with E-state index in [9.17, 15) is 25.3 Å². The third-order valence-corrected chi connectivity index (χ3v) is 21.4. The molecule has 4 N–H and O–H groups in total. The second-order valence-electron chi connectivity index (χ2n) is 24.9. The van der Waals surface area contributed by atoms with Crippen LogP contribution in [0, 0.1) is 0 Å². The van der Waals surface area contributed by atoms with E-state index in [-0.39, 0.29) is 40.9 Å². The molecular formula is C74H126N4O10S3. The number of rotatable bonds is 62. The number of anilines is 1. The molecule has 3 rings (SSSR count). The van der Waals surface area contributed by atoms with Crippen LogP contribution in [-0.4, -0.2) is 82.2 Å². The maximum Gasteiger partial charge on any atom is 0.243 e. The van der Waals surface area contributed by atoms with Crippen LogP contribution < -0.4 is 34.1 Å². The molecule has 0 aliphatic carbocycles. The van der Waals surface area contributed by atoms with Crippen molar-refractivity contribution >= 4 is 35.8 Å². The van der Waals surface area contributed by atoms with Gasteiger partial charge in [0.1, 0.15) is 0 Å². The zero-order valence-corrected chi connectivity index (χ0v) is 59.8. The van der Waals surface area contributed by atoms with Gasteiger partial charge in [-0.1, -0.05) is 283 Å². The second kappa shape index (κ2) is 52.2. The van der Waals surface area contributed by atoms with E-state index in [4.69, 9.17) is 24.7 Å². The zero-order chi connectivity index (χ0) is 65.8. The molecule has 0 fully saturated rings. The smallest absolute Gasteiger partial charge is 0.243 e. The molecule has 91 heavy (non-hydrogen) atoms. The molecule has 0 saturated carbocycles. The minimum atomic E-state index is -4.08. The molecule has 0 bridgehead atoms. The first kappa shape index (κ1) is 81.1. The first-order valence-corrected chi connectivity index (χ1v) is 40.6. The normalized spacial score (nSPS) is 12.3. The molecule has 0 aliphatic heterocycles. The number of benzene rings is 3. The highest BCUT2D eigenvalue weighted by Crippen LogP contribution is 2.33. The van der Waals surface area contributed by atoms with Crippen molar-refractivity contribution in [3.05, 3.63) is 85.0 Å². The average Bonchev–Trinajstić information content (AvgIpc) is 1.11. The molecule has 14 nitrogen and oxygen atoms in total. The quantitative estimate of drug-likeness (QED) is 0.0277. The topological polar surface area (TPSA) is 193 Å². The number of nitrogens with two attached hydrogens (primary N) is 1. The maximum atomic E-state index is 14.1. The van der Waals surface area contributed by atoms with Gasteiger partial charge in [-0.3, -0.25) is 0 Å². The third kappa shape index (κ3) is 38.1. The molecule has 3 aromatic carbocycles. The van der Waals surface area contributed by atoms with Crippen molar-refractivity contribution in [2.75, 3.05) is 58.3 Å². The fourth-order valence-electron chi connectivity index (χ4n) is 11.0. The van der Waals surface area contributed by atoms with Gasteiger partial charge >= 0.3 is 0 Å². The van der Waals surface area contributed by atoms with Crippen molar-refractivity contribution in [2.45, 2.75) is 299 Å². The molecule has 0 spiro atoms. The summed E-state index contributed by atoms with van der Waals surface area (Å²) >= 11 is 0. The Labute approximate surface area is 556 Å². The molecular weight excluding hydrogens is 1200 g/mol. The number of sulfonamides is 3. The lowest BCUT2D eigenvalue weighted by molar-refractivity contribution is 0.257. The Morgan fingerprint density at radius 1 is 0.330 bits per heavy atom. The number of hydrogen-bond acceptors (Lipinski definition) is 11. The van der Waals surface area contributed by atoms with Crippen LogP contribution in [0.4, 0.5) is 5.69 Å². The molecule has 520 valence electrons. The van der Waals surface area contributed by atoms with Crippen molar-refractivity contribution in [1.29, 1.82) is 0 Å². The first-order valence-electron chi connectivity index (χ1n) is 36.2. The van der Waals surface area contributed by atoms with Crippen molar-refractivity contribution in [3.63, 3.8) is 0 Å². The summed E-state index contributed by atoms with van der Waals surface area (Å²) < 4.78 is 115. The van der Waals surface area contributed by atoms with E-state index in [1.54, 1.807) is 36.4 Å². The Hall–Kier alpha value is -4.13. The van der Waals surface area contributed by atoms with Crippen LogP contribution in [-0.2, 0) is 30.1 Å². The molecule has 0 radical (unpaired) electrons. The molecule has 17 heteroatoms. The van der Waals surface area contributed by atoms with Gasteiger partial charge in [-0.25, -0.2) is 34.7 Å². The fourth-order valence-corrected chi connectivity index (χ4v) is 14.3. The van der Waals surface area contributed by atoms with Crippen LogP contribution in [0.1, 0.15) is 285 Å². The lowest BCUT2D eigenvalue weighted by Gasteiger charge is -2.19. The van der Waals surface area contributed by atoms with Gasteiger partial charge < -0.3 is 24.7 Å². The van der Waals surface area contributed by atoms with E-state index in [0.717, 1.165) is 64.2 Å². The highest BCUT2D eigenvalue weighted by atomic mass is 32.2. The Balaban J connectivity index is 1.65. The molecule has 0 aliphatic rings. The summed E-state index contributed by atoms with van der Waals surface area (Å²) in [5.74, 6) is 1.84. The van der Waals surface area contributed by atoms with Crippen LogP contribution in [0.3, 0.4) is 0 Å². The lowest BCUT2D eigenvalue weighted by Crippen LogP contribution is -2.32. The Morgan fingerprint density at radius 3 is 0.868 bits per heavy atom. The summed E-state index contributed by atoms with van der Waals surface area (Å²) in [6.07, 6.45) is 54.5. The van der Waals surface area contributed by atoms with Crippen molar-refractivity contribution in [1.82, 2.24) is 13.7 Å². The number of nitrogens with one attached hydrogen (secondary N) is 2. The summed E-state index contributed by atoms with van der Waals surface area (Å²) in [4.78, 5) is 0.0923. The van der Waals surface area contributed by atoms with Gasteiger partial charge in [-0.05, 0) is 74.2 Å². The van der Waals surface area contributed by atoms with Crippen molar-refractivity contribution in [3.8, 4) is 23.0 Å². The van der Waals surface area contributed by atoms with E-state index >= 15 is 0 Å². The number of nitrogens with zero attached hydrogens (tertiary/aromatic N) is 1. The van der Waals surface area contributed by atoms with E-state index in [1.165, 1.54) is 245 Å². The minimum Gasteiger partial charge on any atom is -0.490 e. The summed E-state index contributed by atoms with van der Waals surface area (Å²) in [7, 11) is -12.1. The first-order chi connectivity index (χ1) is 44.3. The molecule has 0 unspecified atom stereocenters. The maximum absolute atomic E-state index is 14.1. The van der Waals surface area contributed by atoms with Crippen LogP contribution in [0.25, 0.3) is 0 Å². The van der Waals surface area contributed by atoms with Gasteiger partial charge in [0.25, 0.3) is 0 Å². The van der Waals surface area contributed by atoms with Crippen molar-refractivity contribution < 1.29 is 44.2 Å². The summed E-state index contributed by atoms with van der Waals surface area (Å²) in [6.45, 7) is 10.5. The number of hydrogen-bond donors (Lipinski definition) is 3. The molecule has 0 heterocycles. The number of nitrogen functional groups attached to an aromatic ring is 1. The lowest BCUT2D eigenvalue weighted by atomic mass is 10.1. The van der Waals surface area contributed by atoms with E-state index in [0.29, 0.717) is 55.1 Å². The van der Waals surface area contributed by atoms with Crippen LogP contribution >= 0.6 is 0 Å². The van der Waals surface area contributed by atoms with Gasteiger partial charge in [-0.2, -0.15) is 4.31 Å². The highest BCUT2D eigenvalue weighted by Gasteiger charge is 2.24. The predicted molar refractivity (Wildman–Crippen MR) is 381 cm³/mol. The van der Waals surface area contributed by atoms with Crippen LogP contribution in [0.5, 0.6) is 23.0 Å². The molecule has 0 amide bonds. The monoisotopic (exact) mass is 1330 g/mol. The standard InChI is InChI=1S/C74H126N4O10S3/c1-5-9-13-17-21-25-29-33-37-45-61-85-71-55-53-69(65-73(71)87-63-47-39-35-31-27-23-19-15-11-7-3)89(79,80)76-57-41-43-59-78(91(83,84)68-51-49-67(75)50-52-68)60-44-42-58-77-90(81,82)70-54-56-72(86-62-46-38-34-30-26-22-18-14-10-6-2)74(66-70)88-64-48-40-36-32-28-24-20-16-12-8-4/h41-44,49-56,65-66,76-77H,5-40,45-48,57-64,75H2,1-4H3/b43-41+,44-42+. The Bertz CT molecular complexity index is 2540. The SMILES string of the molecule is CCCCCCCCCCCCOc1ccc(S(=O)(=O)NC/C=C/CN(C/C=C/CNS(=O)(=O)c2ccc(OCCCCCCCCCCCC)c(OCCCCCCCCCCCC)c2)S(=O)(=O)c2ccc(N)cc2)cc1OCCCCCCCCCCCC. The molecule has 0 saturated heterocycles. The van der Waals surface area contributed by atoms with Gasteiger partial charge in [-0.15, -0.1) is 0 Å². The van der Waals surface area contributed by atoms with Crippen LogP contribution in [0.2, 0.25) is 0 Å². The number of ether oxygens (including phenoxy) is 4. The summed E-state index contributed by atoms with van der Waals surface area (Å²) in [5.41, 5.74) is 6.32. The average molecular weight is 1330 g/mol. The minimum absolute atomic E-state index is 0.0223. The molecule has 0 aromatic heterocycles. The van der Waals surface area contributed by atoms with Crippen LogP contribution in [0.15, 0.2) is 99.7 Å². The van der Waals surface area contributed by atoms with Gasteiger partial charge in [0.15, 0.2) is 23.0 Å². The zero-order valence-electron chi connectivity index (χ0n) is 57.4. The largest absolute Gasteiger partial charge is 0.490 e. The van der Waals surface area contributed by atoms with Gasteiger partial charge in [0, 0.05) is 44.0 Å². The molecule has 0 atom stereocenters. The van der Waals surface area contributed by atoms with E-state index < -0.39 is 30.1 Å². The molecule has 3 aromatic rings. The van der Waals surface area contributed by atoms with Gasteiger partial charge in [0.2, 0.25) is 30.1 Å². The van der Waals surface area contributed by atoms with Gasteiger partial charge in [0.05, 0.1) is 41.1 Å². The summed E-state index contributed by atoms with van der Waals surface area (Å²) in [5, 5.41) is 0. The number of unbranched alkanes of at least 4 members (excludes halogenated alkanes) is 36. The Kier molecular flexibility index (Phi) is 46.5. The highest BCUT2D eigenvalue weighted by molar-refractivity contribution is 7.90. The second-order valence-corrected chi connectivity index (χ2v) is 30.3. The Morgan fingerprint density at radius 2 is 0.582 bits per heavy atom. The van der Waals surface area contributed by atoms with E-state index in [2.05, 4.69) is 37.1 Å². The van der Waals surface area contributed by atoms with E-state index in [1.807, 2.05) is 0 Å². The fraction of sp³-hybridized carbons (Fsp3) is 0.703. The summed E-state index contributed by atoms with van der Waals surface area (Å²) in [6, 6.07) is 15.3. The predicted octanol–water partition coefficient (Wildman–Crippen LogP) is 19.5. The third-order valence-electron chi connectivity index (χ3n) is 16.7. The van der Waals surface area contributed by atoms with Crippen molar-refractivity contribution in [2.24, 2.45) is 0 Å².